The molecule has 1 aromatic rings. The molecule has 1 aromatic carbocycles. The fourth-order valence-corrected chi connectivity index (χ4v) is 2.07. The molecule has 98 valence electrons. The van der Waals surface area contributed by atoms with E-state index in [2.05, 4.69) is 0 Å². The number of carbonyl (C=O) groups is 1. The third-order valence-electron chi connectivity index (χ3n) is 3.39. The summed E-state index contributed by atoms with van der Waals surface area (Å²) in [4.78, 5) is 13.6. The largest absolute Gasteiger partial charge is 0.445 e. The van der Waals surface area contributed by atoms with Gasteiger partial charge in [0.15, 0.2) is 0 Å². The molecule has 1 unspecified atom stereocenters. The molecule has 1 fully saturated rings. The second kappa shape index (κ2) is 5.40. The van der Waals surface area contributed by atoms with Gasteiger partial charge in [-0.05, 0) is 18.9 Å². The molecule has 4 heteroatoms. The van der Waals surface area contributed by atoms with Crippen LogP contribution in [0, 0.1) is 0 Å². The lowest BCUT2D eigenvalue weighted by atomic mass is 10.1. The summed E-state index contributed by atoms with van der Waals surface area (Å²) in [6.07, 6.45) is 0.587. The highest BCUT2D eigenvalue weighted by Gasteiger charge is 2.36. The van der Waals surface area contributed by atoms with E-state index in [0.29, 0.717) is 19.7 Å². The van der Waals surface area contributed by atoms with Crippen molar-refractivity contribution >= 4 is 6.09 Å². The van der Waals surface area contributed by atoms with E-state index in [-0.39, 0.29) is 11.7 Å². The topological polar surface area (TPSA) is 38.8 Å². The SMILES string of the molecule is COC1(C)CCN(C(=O)OCc2ccccc2)C1. The van der Waals surface area contributed by atoms with E-state index in [0.717, 1.165) is 12.0 Å². The second-order valence-corrected chi connectivity index (χ2v) is 4.87. The highest BCUT2D eigenvalue weighted by atomic mass is 16.6. The van der Waals surface area contributed by atoms with E-state index >= 15 is 0 Å². The van der Waals surface area contributed by atoms with Crippen molar-refractivity contribution < 1.29 is 14.3 Å². The Hall–Kier alpha value is -1.55. The Morgan fingerprint density at radius 2 is 2.11 bits per heavy atom. The van der Waals surface area contributed by atoms with Crippen molar-refractivity contribution in [2.45, 2.75) is 25.6 Å². The van der Waals surface area contributed by atoms with Crippen LogP contribution < -0.4 is 0 Å². The van der Waals surface area contributed by atoms with Crippen molar-refractivity contribution in [3.63, 3.8) is 0 Å². The summed E-state index contributed by atoms with van der Waals surface area (Å²) in [5.74, 6) is 0. The van der Waals surface area contributed by atoms with Crippen LogP contribution in [-0.2, 0) is 16.1 Å². The van der Waals surface area contributed by atoms with Crippen molar-refractivity contribution in [1.29, 1.82) is 0 Å². The monoisotopic (exact) mass is 249 g/mol. The Labute approximate surface area is 107 Å². The average molecular weight is 249 g/mol. The van der Waals surface area contributed by atoms with Gasteiger partial charge in [-0.1, -0.05) is 30.3 Å². The lowest BCUT2D eigenvalue weighted by Gasteiger charge is -2.22. The maximum atomic E-state index is 11.9. The van der Waals surface area contributed by atoms with Gasteiger partial charge in [0.25, 0.3) is 0 Å². The molecular weight excluding hydrogens is 230 g/mol. The number of ether oxygens (including phenoxy) is 2. The molecule has 18 heavy (non-hydrogen) atoms. The highest BCUT2D eigenvalue weighted by Crippen LogP contribution is 2.24. The molecular formula is C14H19NO3. The van der Waals surface area contributed by atoms with E-state index < -0.39 is 0 Å². The van der Waals surface area contributed by atoms with Crippen LogP contribution in [-0.4, -0.2) is 36.8 Å². The average Bonchev–Trinajstić information content (AvgIpc) is 2.81. The third-order valence-corrected chi connectivity index (χ3v) is 3.39. The number of rotatable bonds is 3. The van der Waals surface area contributed by atoms with Crippen molar-refractivity contribution in [2.24, 2.45) is 0 Å². The van der Waals surface area contributed by atoms with Gasteiger partial charge in [-0.3, -0.25) is 0 Å². The molecule has 1 saturated heterocycles. The van der Waals surface area contributed by atoms with E-state index in [4.69, 9.17) is 9.47 Å². The molecule has 0 saturated carbocycles. The molecule has 1 aliphatic rings. The van der Waals surface area contributed by atoms with Crippen LogP contribution >= 0.6 is 0 Å². The van der Waals surface area contributed by atoms with E-state index in [1.807, 2.05) is 37.3 Å². The summed E-state index contributed by atoms with van der Waals surface area (Å²) < 4.78 is 10.7. The first kappa shape index (κ1) is 12.9. The minimum atomic E-state index is -0.264. The third kappa shape index (κ3) is 3.01. The van der Waals surface area contributed by atoms with Crippen LogP contribution in [0.4, 0.5) is 4.79 Å². The van der Waals surface area contributed by atoms with Crippen LogP contribution in [0.3, 0.4) is 0 Å². The van der Waals surface area contributed by atoms with Gasteiger partial charge in [-0.2, -0.15) is 0 Å². The Bertz CT molecular complexity index is 407. The number of methoxy groups -OCH3 is 1. The molecule has 0 N–H and O–H groups in total. The fraction of sp³-hybridized carbons (Fsp3) is 0.500. The molecule has 0 radical (unpaired) electrons. The summed E-state index contributed by atoms with van der Waals surface area (Å²) in [7, 11) is 1.68. The van der Waals surface area contributed by atoms with Crippen LogP contribution in [0.15, 0.2) is 30.3 Å². The van der Waals surface area contributed by atoms with Gasteiger partial charge in [0.05, 0.1) is 12.1 Å². The summed E-state index contributed by atoms with van der Waals surface area (Å²) in [6, 6.07) is 9.69. The second-order valence-electron chi connectivity index (χ2n) is 4.87. The van der Waals surface area contributed by atoms with Gasteiger partial charge in [-0.15, -0.1) is 0 Å². The lowest BCUT2D eigenvalue weighted by Crippen LogP contribution is -2.35. The van der Waals surface area contributed by atoms with Gasteiger partial charge in [0.2, 0.25) is 0 Å². The quantitative estimate of drug-likeness (QED) is 0.826. The van der Waals surface area contributed by atoms with E-state index in [1.54, 1.807) is 12.0 Å². The molecule has 2 rings (SSSR count). The number of benzene rings is 1. The zero-order chi connectivity index (χ0) is 13.0. The zero-order valence-electron chi connectivity index (χ0n) is 10.9. The number of hydrogen-bond donors (Lipinski definition) is 0. The molecule has 1 atom stereocenters. The maximum Gasteiger partial charge on any atom is 0.410 e. The molecule has 0 spiro atoms. The summed E-state index contributed by atoms with van der Waals surface area (Å²) in [6.45, 7) is 3.62. The van der Waals surface area contributed by atoms with Crippen LogP contribution in [0.5, 0.6) is 0 Å². The van der Waals surface area contributed by atoms with Crippen molar-refractivity contribution in [3.05, 3.63) is 35.9 Å². The molecule has 0 bridgehead atoms. The number of likely N-dealkylation sites (tertiary alicyclic amines) is 1. The number of hydrogen-bond acceptors (Lipinski definition) is 3. The van der Waals surface area contributed by atoms with Crippen LogP contribution in [0.25, 0.3) is 0 Å². The predicted molar refractivity (Wildman–Crippen MR) is 68.2 cm³/mol. The smallest absolute Gasteiger partial charge is 0.410 e. The van der Waals surface area contributed by atoms with Crippen molar-refractivity contribution in [3.8, 4) is 0 Å². The van der Waals surface area contributed by atoms with E-state index in [9.17, 15) is 4.79 Å². The highest BCUT2D eigenvalue weighted by molar-refractivity contribution is 5.68. The molecule has 0 aromatic heterocycles. The van der Waals surface area contributed by atoms with E-state index in [1.165, 1.54) is 0 Å². The van der Waals surface area contributed by atoms with Gasteiger partial charge in [0.1, 0.15) is 6.61 Å². The minimum absolute atomic E-state index is 0.230. The maximum absolute atomic E-state index is 11.9. The van der Waals surface area contributed by atoms with Crippen LogP contribution in [0.1, 0.15) is 18.9 Å². The van der Waals surface area contributed by atoms with Crippen molar-refractivity contribution in [2.75, 3.05) is 20.2 Å². The molecule has 1 amide bonds. The van der Waals surface area contributed by atoms with Gasteiger partial charge < -0.3 is 14.4 Å². The Kier molecular flexibility index (Phi) is 3.87. The summed E-state index contributed by atoms with van der Waals surface area (Å²) in [5.41, 5.74) is 0.769. The van der Waals surface area contributed by atoms with Gasteiger partial charge in [-0.25, -0.2) is 4.79 Å². The molecule has 0 aliphatic carbocycles. The Balaban J connectivity index is 1.83. The standard InChI is InChI=1S/C14H19NO3/c1-14(17-2)8-9-15(11-14)13(16)18-10-12-6-4-3-5-7-12/h3-7H,8-11H2,1-2H3. The summed E-state index contributed by atoms with van der Waals surface area (Å²) >= 11 is 0. The van der Waals surface area contributed by atoms with Gasteiger partial charge in [0, 0.05) is 13.7 Å². The fourth-order valence-electron chi connectivity index (χ4n) is 2.07. The Morgan fingerprint density at radius 3 is 2.72 bits per heavy atom. The molecule has 1 aliphatic heterocycles. The minimum Gasteiger partial charge on any atom is -0.445 e. The lowest BCUT2D eigenvalue weighted by molar-refractivity contribution is 0.0132. The molecule has 4 nitrogen and oxygen atoms in total. The van der Waals surface area contributed by atoms with Crippen molar-refractivity contribution in [1.82, 2.24) is 4.90 Å². The normalized spacial score (nSPS) is 23.1. The predicted octanol–water partition coefficient (Wildman–Crippen LogP) is 2.43. The summed E-state index contributed by atoms with van der Waals surface area (Å²) in [5, 5.41) is 0. The van der Waals surface area contributed by atoms with Gasteiger partial charge >= 0.3 is 6.09 Å². The first-order valence-corrected chi connectivity index (χ1v) is 6.14. The number of nitrogens with zero attached hydrogens (tertiary/aromatic N) is 1. The number of amides is 1. The zero-order valence-corrected chi connectivity index (χ0v) is 10.9. The first-order valence-electron chi connectivity index (χ1n) is 6.14. The first-order chi connectivity index (χ1) is 8.63. The molecule has 1 heterocycles. The Morgan fingerprint density at radius 1 is 1.39 bits per heavy atom. The van der Waals surface area contributed by atoms with Crippen LogP contribution in [0.2, 0.25) is 0 Å². The number of carbonyl (C=O) groups excluding carboxylic acids is 1.